The van der Waals surface area contributed by atoms with Crippen LogP contribution in [0.3, 0.4) is 0 Å². The lowest BCUT2D eigenvalue weighted by Crippen LogP contribution is -2.51. The van der Waals surface area contributed by atoms with Gasteiger partial charge in [0.05, 0.1) is 0 Å². The van der Waals surface area contributed by atoms with Gasteiger partial charge < -0.3 is 5.32 Å². The minimum Gasteiger partial charge on any atom is -0.313 e. The highest BCUT2D eigenvalue weighted by molar-refractivity contribution is 4.84. The number of hydrogen-bond acceptors (Lipinski definition) is 2. The van der Waals surface area contributed by atoms with E-state index in [9.17, 15) is 0 Å². The summed E-state index contributed by atoms with van der Waals surface area (Å²) in [7, 11) is 2.27. The van der Waals surface area contributed by atoms with Crippen LogP contribution in [-0.4, -0.2) is 36.1 Å². The molecular weight excluding hydrogens is 196 g/mol. The zero-order chi connectivity index (χ0) is 12.8. The molecule has 1 N–H and O–H groups in total. The predicted octanol–water partition coefficient (Wildman–Crippen LogP) is 3.27. The number of nitrogens with one attached hydrogen (secondary N) is 1. The Morgan fingerprint density at radius 3 is 2.12 bits per heavy atom. The molecule has 0 aliphatic heterocycles. The van der Waals surface area contributed by atoms with Gasteiger partial charge in [-0.25, -0.2) is 0 Å². The van der Waals surface area contributed by atoms with Gasteiger partial charge in [0.2, 0.25) is 0 Å². The highest BCUT2D eigenvalue weighted by atomic mass is 15.2. The molecule has 0 radical (unpaired) electrons. The molecule has 0 bridgehead atoms. The molecular formula is C14H32N2. The van der Waals surface area contributed by atoms with E-state index in [4.69, 9.17) is 0 Å². The van der Waals surface area contributed by atoms with Gasteiger partial charge in [-0.3, -0.25) is 4.90 Å². The van der Waals surface area contributed by atoms with E-state index in [1.165, 1.54) is 19.3 Å². The van der Waals surface area contributed by atoms with E-state index in [-0.39, 0.29) is 0 Å². The van der Waals surface area contributed by atoms with Crippen molar-refractivity contribution in [2.75, 3.05) is 13.6 Å². The molecule has 0 fully saturated rings. The van der Waals surface area contributed by atoms with Crippen LogP contribution >= 0.6 is 0 Å². The summed E-state index contributed by atoms with van der Waals surface area (Å²) in [5.74, 6) is 0. The maximum absolute atomic E-state index is 3.57. The average molecular weight is 228 g/mol. The van der Waals surface area contributed by atoms with E-state index in [2.05, 4.69) is 58.8 Å². The first-order valence-corrected chi connectivity index (χ1v) is 6.81. The van der Waals surface area contributed by atoms with Gasteiger partial charge in [-0.05, 0) is 33.7 Å². The van der Waals surface area contributed by atoms with Gasteiger partial charge in [0.25, 0.3) is 0 Å². The third-order valence-corrected chi connectivity index (χ3v) is 3.75. The van der Waals surface area contributed by atoms with Gasteiger partial charge in [-0.15, -0.1) is 0 Å². The Morgan fingerprint density at radius 2 is 1.75 bits per heavy atom. The zero-order valence-electron chi connectivity index (χ0n) is 12.4. The average Bonchev–Trinajstić information content (AvgIpc) is 2.22. The zero-order valence-corrected chi connectivity index (χ0v) is 12.4. The van der Waals surface area contributed by atoms with Crippen molar-refractivity contribution in [3.63, 3.8) is 0 Å². The molecule has 0 aliphatic carbocycles. The molecule has 0 spiro atoms. The normalized spacial score (nSPS) is 14.8. The Kier molecular flexibility index (Phi) is 7.25. The lowest BCUT2D eigenvalue weighted by Gasteiger charge is -2.41. The van der Waals surface area contributed by atoms with E-state index in [1.807, 2.05) is 0 Å². The quantitative estimate of drug-likeness (QED) is 0.686. The van der Waals surface area contributed by atoms with Gasteiger partial charge in [0.15, 0.2) is 0 Å². The fourth-order valence-electron chi connectivity index (χ4n) is 1.88. The second-order valence-electron chi connectivity index (χ2n) is 5.78. The van der Waals surface area contributed by atoms with Crippen molar-refractivity contribution in [1.29, 1.82) is 0 Å². The Labute approximate surface area is 103 Å². The number of likely N-dealkylation sites (N-methyl/N-ethyl adjacent to an activating group) is 1. The van der Waals surface area contributed by atoms with Crippen molar-refractivity contribution in [2.24, 2.45) is 0 Å². The Morgan fingerprint density at radius 1 is 1.19 bits per heavy atom. The van der Waals surface area contributed by atoms with Crippen LogP contribution in [-0.2, 0) is 0 Å². The molecule has 1 unspecified atom stereocenters. The summed E-state index contributed by atoms with van der Waals surface area (Å²) in [6.45, 7) is 14.8. The fraction of sp³-hybridized carbons (Fsp3) is 1.00. The molecule has 0 saturated heterocycles. The van der Waals surface area contributed by atoms with Crippen LogP contribution in [0.5, 0.6) is 0 Å². The summed E-state index contributed by atoms with van der Waals surface area (Å²) in [4.78, 5) is 2.55. The number of nitrogens with zero attached hydrogens (tertiary/aromatic N) is 1. The van der Waals surface area contributed by atoms with E-state index in [0.29, 0.717) is 17.6 Å². The van der Waals surface area contributed by atoms with Crippen molar-refractivity contribution in [2.45, 2.75) is 78.4 Å². The molecule has 0 aliphatic rings. The van der Waals surface area contributed by atoms with Crippen LogP contribution < -0.4 is 5.32 Å². The van der Waals surface area contributed by atoms with Crippen LogP contribution in [0, 0.1) is 0 Å². The lowest BCUT2D eigenvalue weighted by atomic mass is 9.96. The smallest absolute Gasteiger partial charge is 0.0222 e. The molecule has 0 amide bonds. The SMILES string of the molecule is CCCC(CNC(C)C)N(C)C(C)(C)CC. The summed E-state index contributed by atoms with van der Waals surface area (Å²) in [6.07, 6.45) is 3.74. The van der Waals surface area contributed by atoms with Crippen LogP contribution in [0.15, 0.2) is 0 Å². The molecule has 0 saturated carbocycles. The van der Waals surface area contributed by atoms with Gasteiger partial charge in [-0.2, -0.15) is 0 Å². The maximum atomic E-state index is 3.57. The van der Waals surface area contributed by atoms with E-state index >= 15 is 0 Å². The topological polar surface area (TPSA) is 15.3 Å². The minimum absolute atomic E-state index is 0.304. The van der Waals surface area contributed by atoms with Gasteiger partial charge in [0.1, 0.15) is 0 Å². The van der Waals surface area contributed by atoms with Gasteiger partial charge in [-0.1, -0.05) is 34.1 Å². The first kappa shape index (κ1) is 15.9. The van der Waals surface area contributed by atoms with Crippen molar-refractivity contribution in [3.05, 3.63) is 0 Å². The molecule has 0 rings (SSSR count). The standard InChI is InChI=1S/C14H32N2/c1-8-10-13(11-15-12(3)4)16(7)14(5,6)9-2/h12-13,15H,8-11H2,1-7H3. The van der Waals surface area contributed by atoms with E-state index < -0.39 is 0 Å². The summed E-state index contributed by atoms with van der Waals surface area (Å²) in [5, 5.41) is 3.57. The van der Waals surface area contributed by atoms with Crippen molar-refractivity contribution >= 4 is 0 Å². The highest BCUT2D eigenvalue weighted by Gasteiger charge is 2.27. The molecule has 0 aromatic carbocycles. The Balaban J connectivity index is 4.39. The van der Waals surface area contributed by atoms with Gasteiger partial charge in [0, 0.05) is 24.2 Å². The second kappa shape index (κ2) is 7.29. The molecule has 16 heavy (non-hydrogen) atoms. The summed E-state index contributed by atoms with van der Waals surface area (Å²) >= 11 is 0. The third kappa shape index (κ3) is 5.31. The van der Waals surface area contributed by atoms with Crippen LogP contribution in [0.4, 0.5) is 0 Å². The molecule has 0 heterocycles. The first-order valence-electron chi connectivity index (χ1n) is 6.81. The second-order valence-corrected chi connectivity index (χ2v) is 5.78. The van der Waals surface area contributed by atoms with Crippen molar-refractivity contribution in [3.8, 4) is 0 Å². The van der Waals surface area contributed by atoms with Crippen LogP contribution in [0.1, 0.15) is 60.8 Å². The first-order chi connectivity index (χ1) is 7.35. The van der Waals surface area contributed by atoms with Crippen LogP contribution in [0.2, 0.25) is 0 Å². The predicted molar refractivity (Wildman–Crippen MR) is 74.0 cm³/mol. The monoisotopic (exact) mass is 228 g/mol. The number of hydrogen-bond donors (Lipinski definition) is 1. The lowest BCUT2D eigenvalue weighted by molar-refractivity contribution is 0.0892. The molecule has 0 aromatic heterocycles. The minimum atomic E-state index is 0.304. The summed E-state index contributed by atoms with van der Waals surface area (Å²) in [6, 6.07) is 1.24. The molecule has 2 nitrogen and oxygen atoms in total. The van der Waals surface area contributed by atoms with Crippen molar-refractivity contribution in [1.82, 2.24) is 10.2 Å². The largest absolute Gasteiger partial charge is 0.313 e. The molecule has 2 heteroatoms. The molecule has 0 aromatic rings. The van der Waals surface area contributed by atoms with Gasteiger partial charge >= 0.3 is 0 Å². The summed E-state index contributed by atoms with van der Waals surface area (Å²) < 4.78 is 0. The summed E-state index contributed by atoms with van der Waals surface area (Å²) in [5.41, 5.74) is 0.304. The maximum Gasteiger partial charge on any atom is 0.0222 e. The fourth-order valence-corrected chi connectivity index (χ4v) is 1.88. The van der Waals surface area contributed by atoms with E-state index in [0.717, 1.165) is 6.54 Å². The van der Waals surface area contributed by atoms with E-state index in [1.54, 1.807) is 0 Å². The number of rotatable bonds is 8. The molecule has 1 atom stereocenters. The van der Waals surface area contributed by atoms with Crippen molar-refractivity contribution < 1.29 is 0 Å². The van der Waals surface area contributed by atoms with Crippen LogP contribution in [0.25, 0.3) is 0 Å². The molecule has 98 valence electrons. The Hall–Kier alpha value is -0.0800. The third-order valence-electron chi connectivity index (χ3n) is 3.75. The highest BCUT2D eigenvalue weighted by Crippen LogP contribution is 2.21. The Bertz CT molecular complexity index is 176.